The lowest BCUT2D eigenvalue weighted by atomic mass is 9.92. The van der Waals surface area contributed by atoms with E-state index in [0.29, 0.717) is 18.4 Å². The first-order valence-corrected chi connectivity index (χ1v) is 8.44. The van der Waals surface area contributed by atoms with Crippen molar-refractivity contribution in [3.63, 3.8) is 0 Å². The van der Waals surface area contributed by atoms with Crippen molar-refractivity contribution in [1.29, 1.82) is 0 Å². The Bertz CT molecular complexity index is 547. The summed E-state index contributed by atoms with van der Waals surface area (Å²) in [5, 5.41) is 0. The first-order chi connectivity index (χ1) is 10.5. The predicted octanol–water partition coefficient (Wildman–Crippen LogP) is 2.53. The fourth-order valence-corrected chi connectivity index (χ4v) is 4.02. The fraction of sp³-hybridized carbons (Fsp3) is 0.611. The summed E-state index contributed by atoms with van der Waals surface area (Å²) in [6.45, 7) is 7.72. The Morgan fingerprint density at radius 3 is 2.73 bits per heavy atom. The van der Waals surface area contributed by atoms with E-state index in [1.807, 2.05) is 12.1 Å². The monoisotopic (exact) mass is 301 g/mol. The number of benzene rings is 1. The number of carbonyl (C=O) groups excluding carboxylic acids is 1. The predicted molar refractivity (Wildman–Crippen MR) is 90.9 cm³/mol. The van der Waals surface area contributed by atoms with E-state index < -0.39 is 0 Å². The molecule has 1 amide bonds. The third-order valence-corrected chi connectivity index (χ3v) is 4.93. The topological polar surface area (TPSA) is 49.6 Å². The Kier molecular flexibility index (Phi) is 4.27. The second kappa shape index (κ2) is 6.19. The molecule has 22 heavy (non-hydrogen) atoms. The molecular weight excluding hydrogens is 274 g/mol. The summed E-state index contributed by atoms with van der Waals surface area (Å²) in [7, 11) is 0. The Morgan fingerprint density at radius 2 is 2.00 bits per heavy atom. The summed E-state index contributed by atoms with van der Waals surface area (Å²) in [4.78, 5) is 17.0. The van der Waals surface area contributed by atoms with Gasteiger partial charge in [0.05, 0.1) is 6.54 Å². The van der Waals surface area contributed by atoms with E-state index in [9.17, 15) is 4.79 Å². The zero-order chi connectivity index (χ0) is 15.7. The van der Waals surface area contributed by atoms with E-state index in [1.165, 1.54) is 12.0 Å². The highest BCUT2D eigenvalue weighted by atomic mass is 16.2. The molecule has 0 bridgehead atoms. The fourth-order valence-electron chi connectivity index (χ4n) is 4.02. The van der Waals surface area contributed by atoms with Crippen LogP contribution in [0.4, 0.5) is 11.4 Å². The maximum absolute atomic E-state index is 12.7. The third-order valence-electron chi connectivity index (χ3n) is 4.93. The smallest absolute Gasteiger partial charge is 0.242 e. The molecule has 2 unspecified atom stereocenters. The van der Waals surface area contributed by atoms with Gasteiger partial charge < -0.3 is 15.5 Å². The first kappa shape index (κ1) is 15.2. The summed E-state index contributed by atoms with van der Waals surface area (Å²) in [5.41, 5.74) is 9.31. The van der Waals surface area contributed by atoms with E-state index in [0.717, 1.165) is 43.9 Å². The third kappa shape index (κ3) is 3.06. The molecule has 0 spiro atoms. The van der Waals surface area contributed by atoms with Gasteiger partial charge in [-0.15, -0.1) is 0 Å². The van der Waals surface area contributed by atoms with Crippen LogP contribution in [0, 0.1) is 11.8 Å². The highest BCUT2D eigenvalue weighted by Gasteiger charge is 2.28. The van der Waals surface area contributed by atoms with Crippen molar-refractivity contribution in [3.05, 3.63) is 23.8 Å². The second-order valence-electron chi connectivity index (χ2n) is 7.11. The average Bonchev–Trinajstić information content (AvgIpc) is 2.47. The summed E-state index contributed by atoms with van der Waals surface area (Å²) in [5.74, 6) is 1.47. The van der Waals surface area contributed by atoms with Gasteiger partial charge in [0.1, 0.15) is 0 Å². The minimum atomic E-state index is 0.258. The average molecular weight is 301 g/mol. The quantitative estimate of drug-likeness (QED) is 0.854. The lowest BCUT2D eigenvalue weighted by Gasteiger charge is -2.38. The van der Waals surface area contributed by atoms with E-state index in [1.54, 1.807) is 0 Å². The molecule has 0 saturated carbocycles. The Balaban J connectivity index is 1.72. The molecule has 2 N–H and O–H groups in total. The highest BCUT2D eigenvalue weighted by molar-refractivity contribution is 5.83. The molecule has 0 aliphatic carbocycles. The number of nitrogens with two attached hydrogens (primary N) is 1. The molecule has 2 heterocycles. The van der Waals surface area contributed by atoms with E-state index in [4.69, 9.17) is 5.73 Å². The van der Waals surface area contributed by atoms with Crippen molar-refractivity contribution >= 4 is 17.3 Å². The zero-order valence-corrected chi connectivity index (χ0v) is 13.7. The van der Waals surface area contributed by atoms with Crippen LogP contribution in [-0.4, -0.2) is 37.0 Å². The van der Waals surface area contributed by atoms with Crippen LogP contribution >= 0.6 is 0 Å². The number of anilines is 2. The van der Waals surface area contributed by atoms with Gasteiger partial charge in [0.2, 0.25) is 5.91 Å². The number of amides is 1. The lowest BCUT2D eigenvalue weighted by Crippen LogP contribution is -2.47. The van der Waals surface area contributed by atoms with Crippen molar-refractivity contribution in [2.45, 2.75) is 33.1 Å². The summed E-state index contributed by atoms with van der Waals surface area (Å²) < 4.78 is 0. The van der Waals surface area contributed by atoms with Gasteiger partial charge in [-0.25, -0.2) is 0 Å². The van der Waals surface area contributed by atoms with Gasteiger partial charge in [0, 0.05) is 31.0 Å². The molecule has 1 aromatic carbocycles. The highest BCUT2D eigenvalue weighted by Crippen LogP contribution is 2.31. The van der Waals surface area contributed by atoms with E-state index >= 15 is 0 Å². The molecule has 4 heteroatoms. The number of hydrogen-bond donors (Lipinski definition) is 1. The number of likely N-dealkylation sites (tertiary alicyclic amines) is 1. The van der Waals surface area contributed by atoms with Crippen LogP contribution in [-0.2, 0) is 11.2 Å². The Labute approximate surface area is 133 Å². The number of piperidine rings is 1. The van der Waals surface area contributed by atoms with Crippen molar-refractivity contribution in [2.24, 2.45) is 11.8 Å². The number of rotatable bonds is 2. The van der Waals surface area contributed by atoms with Crippen molar-refractivity contribution in [1.82, 2.24) is 4.90 Å². The number of nitrogens with zero attached hydrogens (tertiary/aromatic N) is 2. The van der Waals surface area contributed by atoms with Crippen LogP contribution in [0.1, 0.15) is 32.3 Å². The van der Waals surface area contributed by atoms with Crippen molar-refractivity contribution in [2.75, 3.05) is 36.8 Å². The van der Waals surface area contributed by atoms with Crippen LogP contribution in [0.25, 0.3) is 0 Å². The van der Waals surface area contributed by atoms with Gasteiger partial charge in [-0.1, -0.05) is 19.9 Å². The van der Waals surface area contributed by atoms with Crippen LogP contribution in [0.5, 0.6) is 0 Å². The van der Waals surface area contributed by atoms with Crippen LogP contribution < -0.4 is 10.6 Å². The minimum Gasteiger partial charge on any atom is -0.398 e. The standard InChI is InChI=1S/C18H27N3O/c1-13-9-14(2)11-21(10-13)18(22)12-20-8-4-5-15-16(19)6-3-7-17(15)20/h3,6-7,13-14H,4-5,8-12,19H2,1-2H3. The minimum absolute atomic E-state index is 0.258. The van der Waals surface area contributed by atoms with Crippen molar-refractivity contribution in [3.8, 4) is 0 Å². The van der Waals surface area contributed by atoms with E-state index in [2.05, 4.69) is 29.7 Å². The molecule has 4 nitrogen and oxygen atoms in total. The van der Waals surface area contributed by atoms with Gasteiger partial charge >= 0.3 is 0 Å². The second-order valence-corrected chi connectivity index (χ2v) is 7.11. The van der Waals surface area contributed by atoms with Gasteiger partial charge in [-0.2, -0.15) is 0 Å². The molecule has 2 aliphatic rings. The van der Waals surface area contributed by atoms with Gasteiger partial charge in [0.15, 0.2) is 0 Å². The Morgan fingerprint density at radius 1 is 1.27 bits per heavy atom. The van der Waals surface area contributed by atoms with E-state index in [-0.39, 0.29) is 5.91 Å². The first-order valence-electron chi connectivity index (χ1n) is 8.44. The number of nitrogen functional groups attached to an aromatic ring is 1. The molecule has 1 aromatic rings. The van der Waals surface area contributed by atoms with Gasteiger partial charge in [0.25, 0.3) is 0 Å². The lowest BCUT2D eigenvalue weighted by molar-refractivity contribution is -0.132. The van der Waals surface area contributed by atoms with Crippen LogP contribution in [0.2, 0.25) is 0 Å². The number of carbonyl (C=O) groups is 1. The van der Waals surface area contributed by atoms with Crippen LogP contribution in [0.15, 0.2) is 18.2 Å². The summed E-state index contributed by atoms with van der Waals surface area (Å²) >= 11 is 0. The Hall–Kier alpha value is -1.71. The molecule has 3 rings (SSSR count). The maximum Gasteiger partial charge on any atom is 0.242 e. The molecule has 2 atom stereocenters. The summed E-state index contributed by atoms with van der Waals surface area (Å²) in [6, 6.07) is 6.04. The summed E-state index contributed by atoms with van der Waals surface area (Å²) in [6.07, 6.45) is 3.32. The normalized spacial score (nSPS) is 25.0. The molecular formula is C18H27N3O. The molecule has 120 valence electrons. The number of fused-ring (bicyclic) bond motifs is 1. The van der Waals surface area contributed by atoms with Crippen molar-refractivity contribution < 1.29 is 4.79 Å². The number of hydrogen-bond acceptors (Lipinski definition) is 3. The molecule has 0 radical (unpaired) electrons. The molecule has 1 fully saturated rings. The van der Waals surface area contributed by atoms with Crippen LogP contribution in [0.3, 0.4) is 0 Å². The molecule has 1 saturated heterocycles. The van der Waals surface area contributed by atoms with Gasteiger partial charge in [-0.3, -0.25) is 4.79 Å². The maximum atomic E-state index is 12.7. The molecule has 2 aliphatic heterocycles. The SMILES string of the molecule is CC1CC(C)CN(C(=O)CN2CCCc3c(N)cccc32)C1. The molecule has 0 aromatic heterocycles. The largest absolute Gasteiger partial charge is 0.398 e. The zero-order valence-electron chi connectivity index (χ0n) is 13.7. The van der Waals surface area contributed by atoms with Gasteiger partial charge in [-0.05, 0) is 48.8 Å².